The van der Waals surface area contributed by atoms with Crippen molar-refractivity contribution in [2.24, 2.45) is 15.9 Å². The molecule has 0 bridgehead atoms. The molecule has 1 atom stereocenters. The highest BCUT2D eigenvalue weighted by molar-refractivity contribution is 5.36. The molecule has 4 heteroatoms. The van der Waals surface area contributed by atoms with Gasteiger partial charge in [0.1, 0.15) is 0 Å². The number of rotatable bonds is 4. The monoisotopic (exact) mass is 190 g/mol. The van der Waals surface area contributed by atoms with Gasteiger partial charge in [0.15, 0.2) is 0 Å². The van der Waals surface area contributed by atoms with E-state index in [2.05, 4.69) is 9.98 Å². The zero-order valence-corrected chi connectivity index (χ0v) is 7.64. The highest BCUT2D eigenvalue weighted by atomic mass is 16.1. The zero-order valence-electron chi connectivity index (χ0n) is 7.64. The number of aliphatic imine (C=N–C) groups is 2. The Bertz CT molecular complexity index is 345. The van der Waals surface area contributed by atoms with E-state index in [0.717, 1.165) is 12.0 Å². The molecule has 0 aromatic rings. The molecule has 0 saturated heterocycles. The van der Waals surface area contributed by atoms with Crippen molar-refractivity contribution in [1.29, 1.82) is 0 Å². The van der Waals surface area contributed by atoms with Crippen molar-refractivity contribution in [1.82, 2.24) is 0 Å². The van der Waals surface area contributed by atoms with Gasteiger partial charge in [0.05, 0.1) is 13.1 Å². The summed E-state index contributed by atoms with van der Waals surface area (Å²) >= 11 is 0. The Kier molecular flexibility index (Phi) is 4.29. The van der Waals surface area contributed by atoms with Crippen molar-refractivity contribution in [3.8, 4) is 0 Å². The normalized spacial score (nSPS) is 19.1. The second-order valence-corrected chi connectivity index (χ2v) is 2.94. The van der Waals surface area contributed by atoms with Gasteiger partial charge in [-0.2, -0.15) is 0 Å². The first kappa shape index (κ1) is 10.3. The van der Waals surface area contributed by atoms with Crippen LogP contribution in [-0.2, 0) is 9.59 Å². The number of hydrogen-bond acceptors (Lipinski definition) is 4. The van der Waals surface area contributed by atoms with Crippen LogP contribution in [0.4, 0.5) is 0 Å². The minimum Gasteiger partial charge on any atom is -0.211 e. The standard InChI is InChI=1S/C10H10N2O2/c13-7-11-5-9-3-1-2-4-10(9)6-12-8-14/h1-3,10H,4-6H2. The molecule has 0 aromatic carbocycles. The Balaban J connectivity index is 2.65. The van der Waals surface area contributed by atoms with E-state index in [0.29, 0.717) is 13.1 Å². The van der Waals surface area contributed by atoms with Crippen molar-refractivity contribution in [3.63, 3.8) is 0 Å². The Morgan fingerprint density at radius 2 is 2.14 bits per heavy atom. The SMILES string of the molecule is O=C=NCC1=CC=CCC1CN=C=O. The molecule has 72 valence electrons. The first-order valence-electron chi connectivity index (χ1n) is 4.31. The summed E-state index contributed by atoms with van der Waals surface area (Å²) in [6.07, 6.45) is 9.64. The van der Waals surface area contributed by atoms with Crippen LogP contribution in [0.15, 0.2) is 33.8 Å². The van der Waals surface area contributed by atoms with E-state index in [-0.39, 0.29) is 5.92 Å². The van der Waals surface area contributed by atoms with Crippen LogP contribution in [-0.4, -0.2) is 25.2 Å². The van der Waals surface area contributed by atoms with Gasteiger partial charge in [0.2, 0.25) is 12.2 Å². The van der Waals surface area contributed by atoms with Crippen molar-refractivity contribution in [2.75, 3.05) is 13.1 Å². The predicted octanol–water partition coefficient (Wildman–Crippen LogP) is 1.16. The summed E-state index contributed by atoms with van der Waals surface area (Å²) in [7, 11) is 0. The molecule has 0 saturated carbocycles. The molecule has 0 aromatic heterocycles. The number of allylic oxidation sites excluding steroid dienone is 3. The van der Waals surface area contributed by atoms with Crippen molar-refractivity contribution >= 4 is 12.2 Å². The average Bonchev–Trinajstić information content (AvgIpc) is 2.24. The van der Waals surface area contributed by atoms with E-state index in [9.17, 15) is 9.59 Å². The van der Waals surface area contributed by atoms with E-state index in [1.807, 2.05) is 18.2 Å². The third kappa shape index (κ3) is 2.94. The molecular weight excluding hydrogens is 180 g/mol. The topological polar surface area (TPSA) is 58.9 Å². The van der Waals surface area contributed by atoms with Crippen LogP contribution in [0.25, 0.3) is 0 Å². The average molecular weight is 190 g/mol. The molecule has 1 aliphatic carbocycles. The van der Waals surface area contributed by atoms with Crippen LogP contribution >= 0.6 is 0 Å². The fourth-order valence-corrected chi connectivity index (χ4v) is 1.37. The minimum atomic E-state index is 0.165. The van der Waals surface area contributed by atoms with Gasteiger partial charge in [-0.3, -0.25) is 0 Å². The summed E-state index contributed by atoms with van der Waals surface area (Å²) in [6, 6.07) is 0. The summed E-state index contributed by atoms with van der Waals surface area (Å²) in [5.74, 6) is 0.165. The highest BCUT2D eigenvalue weighted by Crippen LogP contribution is 2.20. The van der Waals surface area contributed by atoms with Crippen molar-refractivity contribution < 1.29 is 9.59 Å². The Hall–Kier alpha value is -1.76. The maximum Gasteiger partial charge on any atom is 0.235 e. The zero-order chi connectivity index (χ0) is 10.2. The second kappa shape index (κ2) is 5.81. The van der Waals surface area contributed by atoms with Crippen LogP contribution in [0, 0.1) is 5.92 Å². The van der Waals surface area contributed by atoms with Gasteiger partial charge < -0.3 is 0 Å². The number of carbonyl (C=O) groups excluding carboxylic acids is 2. The Morgan fingerprint density at radius 1 is 1.36 bits per heavy atom. The van der Waals surface area contributed by atoms with E-state index >= 15 is 0 Å². The lowest BCUT2D eigenvalue weighted by atomic mass is 9.91. The van der Waals surface area contributed by atoms with Gasteiger partial charge in [0, 0.05) is 5.92 Å². The quantitative estimate of drug-likeness (QED) is 0.493. The van der Waals surface area contributed by atoms with Gasteiger partial charge in [-0.25, -0.2) is 19.6 Å². The van der Waals surface area contributed by atoms with Crippen LogP contribution < -0.4 is 0 Å². The van der Waals surface area contributed by atoms with Crippen LogP contribution in [0.3, 0.4) is 0 Å². The third-order valence-corrected chi connectivity index (χ3v) is 2.09. The molecule has 1 rings (SSSR count). The summed E-state index contributed by atoms with van der Waals surface area (Å²) in [5.41, 5.74) is 1.01. The van der Waals surface area contributed by atoms with Gasteiger partial charge in [-0.1, -0.05) is 18.2 Å². The molecule has 0 amide bonds. The molecular formula is C10H10N2O2. The first-order chi connectivity index (χ1) is 6.88. The molecule has 0 spiro atoms. The largest absolute Gasteiger partial charge is 0.235 e. The maximum absolute atomic E-state index is 9.95. The molecule has 0 radical (unpaired) electrons. The van der Waals surface area contributed by atoms with Gasteiger partial charge in [0.25, 0.3) is 0 Å². The lowest BCUT2D eigenvalue weighted by Gasteiger charge is -2.16. The lowest BCUT2D eigenvalue weighted by Crippen LogP contribution is -2.11. The number of hydrogen-bond donors (Lipinski definition) is 0. The highest BCUT2D eigenvalue weighted by Gasteiger charge is 2.14. The molecule has 0 heterocycles. The molecule has 0 N–H and O–H groups in total. The van der Waals surface area contributed by atoms with Gasteiger partial charge in [-0.15, -0.1) is 0 Å². The first-order valence-corrected chi connectivity index (χ1v) is 4.31. The van der Waals surface area contributed by atoms with Crippen molar-refractivity contribution in [3.05, 3.63) is 23.8 Å². The molecule has 4 nitrogen and oxygen atoms in total. The smallest absolute Gasteiger partial charge is 0.211 e. The molecule has 1 unspecified atom stereocenters. The van der Waals surface area contributed by atoms with E-state index in [4.69, 9.17) is 0 Å². The number of nitrogens with zero attached hydrogens (tertiary/aromatic N) is 2. The van der Waals surface area contributed by atoms with E-state index in [1.54, 1.807) is 0 Å². The fourth-order valence-electron chi connectivity index (χ4n) is 1.37. The second-order valence-electron chi connectivity index (χ2n) is 2.94. The van der Waals surface area contributed by atoms with E-state index < -0.39 is 0 Å². The summed E-state index contributed by atoms with van der Waals surface area (Å²) in [4.78, 5) is 26.9. The predicted molar refractivity (Wildman–Crippen MR) is 51.3 cm³/mol. The van der Waals surface area contributed by atoms with Crippen LogP contribution in [0.1, 0.15) is 6.42 Å². The molecule has 0 fully saturated rings. The van der Waals surface area contributed by atoms with Crippen molar-refractivity contribution in [2.45, 2.75) is 6.42 Å². The summed E-state index contributed by atoms with van der Waals surface area (Å²) in [6.45, 7) is 0.751. The molecule has 1 aliphatic rings. The molecule has 14 heavy (non-hydrogen) atoms. The van der Waals surface area contributed by atoms with Gasteiger partial charge >= 0.3 is 0 Å². The Labute approximate surface area is 81.8 Å². The maximum atomic E-state index is 9.95. The summed E-state index contributed by atoms with van der Waals surface area (Å²) in [5, 5.41) is 0. The van der Waals surface area contributed by atoms with E-state index in [1.165, 1.54) is 12.2 Å². The molecule has 0 aliphatic heterocycles. The minimum absolute atomic E-state index is 0.165. The fraction of sp³-hybridized carbons (Fsp3) is 0.400. The van der Waals surface area contributed by atoms with Crippen LogP contribution in [0.2, 0.25) is 0 Å². The third-order valence-electron chi connectivity index (χ3n) is 2.09. The van der Waals surface area contributed by atoms with Gasteiger partial charge in [-0.05, 0) is 12.0 Å². The number of isocyanates is 2. The summed E-state index contributed by atoms with van der Waals surface area (Å²) < 4.78 is 0. The Morgan fingerprint density at radius 3 is 2.86 bits per heavy atom. The van der Waals surface area contributed by atoms with Crippen LogP contribution in [0.5, 0.6) is 0 Å². The lowest BCUT2D eigenvalue weighted by molar-refractivity contribution is 0.553.